The Morgan fingerprint density at radius 2 is 2.09 bits per heavy atom. The quantitative estimate of drug-likeness (QED) is 0.747. The van der Waals surface area contributed by atoms with Crippen LogP contribution in [0, 0.1) is 12.3 Å². The summed E-state index contributed by atoms with van der Waals surface area (Å²) in [5, 5.41) is 3.48. The fraction of sp³-hybridized carbons (Fsp3) is 0.615. The van der Waals surface area contributed by atoms with Crippen LogP contribution >= 0.6 is 0 Å². The largest absolute Gasteiger partial charge is 0.346 e. The van der Waals surface area contributed by atoms with Crippen molar-refractivity contribution in [2.45, 2.75) is 31.3 Å². The molecule has 0 bridgehead atoms. The van der Waals surface area contributed by atoms with E-state index in [1.165, 1.54) is 9.21 Å². The Morgan fingerprint density at radius 1 is 1.41 bits per heavy atom. The summed E-state index contributed by atoms with van der Waals surface area (Å²) in [6.07, 6.45) is 8.98. The van der Waals surface area contributed by atoms with E-state index in [0.29, 0.717) is 19.6 Å². The number of hydrogen-bond donors (Lipinski definition) is 0. The first kappa shape index (κ1) is 16.5. The molecule has 0 saturated carbocycles. The first-order valence-electron chi connectivity index (χ1n) is 7.15. The molecule has 8 nitrogen and oxygen atoms in total. The number of nitrogens with zero attached hydrogens (tertiary/aromatic N) is 5. The van der Waals surface area contributed by atoms with Crippen LogP contribution in [0.4, 0.5) is 4.79 Å². The van der Waals surface area contributed by atoms with Gasteiger partial charge in [-0.05, 0) is 19.8 Å². The molecule has 1 aliphatic rings. The van der Waals surface area contributed by atoms with Gasteiger partial charge in [0.1, 0.15) is 6.33 Å². The fourth-order valence-electron chi connectivity index (χ4n) is 2.25. The topological polar surface area (TPSA) is 88.4 Å². The van der Waals surface area contributed by atoms with Gasteiger partial charge in [-0.3, -0.25) is 0 Å². The number of terminal acetylenes is 1. The summed E-state index contributed by atoms with van der Waals surface area (Å²) in [5.74, 6) is 2.38. The zero-order chi connectivity index (χ0) is 16.2. The molecular formula is C13H19N5O3S. The third-order valence-corrected chi connectivity index (χ3v) is 5.18. The summed E-state index contributed by atoms with van der Waals surface area (Å²) in [7, 11) is -3.74. The van der Waals surface area contributed by atoms with Crippen molar-refractivity contribution in [1.29, 1.82) is 0 Å². The number of carbonyl (C=O) groups is 1. The minimum absolute atomic E-state index is 0.128. The van der Waals surface area contributed by atoms with Crippen molar-refractivity contribution in [2.75, 3.05) is 26.2 Å². The third kappa shape index (κ3) is 3.28. The molecule has 120 valence electrons. The van der Waals surface area contributed by atoms with Crippen molar-refractivity contribution in [3.8, 4) is 12.3 Å². The van der Waals surface area contributed by atoms with Gasteiger partial charge in [0.2, 0.25) is 0 Å². The summed E-state index contributed by atoms with van der Waals surface area (Å²) in [4.78, 5) is 17.3. The van der Waals surface area contributed by atoms with E-state index in [2.05, 4.69) is 16.0 Å². The van der Waals surface area contributed by atoms with Gasteiger partial charge in [-0.2, -0.15) is 8.99 Å². The fourth-order valence-corrected chi connectivity index (χ4v) is 3.59. The van der Waals surface area contributed by atoms with E-state index in [4.69, 9.17) is 6.42 Å². The van der Waals surface area contributed by atoms with Gasteiger partial charge in [-0.15, -0.1) is 11.5 Å². The normalized spacial score (nSPS) is 16.2. The van der Waals surface area contributed by atoms with Gasteiger partial charge in [0.05, 0.1) is 6.54 Å². The van der Waals surface area contributed by atoms with E-state index in [-0.39, 0.29) is 11.7 Å². The van der Waals surface area contributed by atoms with Gasteiger partial charge in [-0.25, -0.2) is 18.2 Å². The van der Waals surface area contributed by atoms with E-state index in [9.17, 15) is 13.2 Å². The Morgan fingerprint density at radius 3 is 2.68 bits per heavy atom. The van der Waals surface area contributed by atoms with Crippen LogP contribution in [-0.4, -0.2) is 64.6 Å². The molecule has 22 heavy (non-hydrogen) atoms. The lowest BCUT2D eigenvalue weighted by Gasteiger charge is -2.24. The predicted octanol–water partition coefficient (Wildman–Crippen LogP) is 0.376. The van der Waals surface area contributed by atoms with Crippen molar-refractivity contribution in [1.82, 2.24) is 24.0 Å². The maximum atomic E-state index is 12.4. The highest BCUT2D eigenvalue weighted by atomic mass is 32.2. The Bertz CT molecular complexity index is 670. The highest BCUT2D eigenvalue weighted by molar-refractivity contribution is 7.88. The van der Waals surface area contributed by atoms with Crippen LogP contribution < -0.4 is 0 Å². The lowest BCUT2D eigenvalue weighted by molar-refractivity contribution is 0.204. The second-order valence-electron chi connectivity index (χ2n) is 4.94. The van der Waals surface area contributed by atoms with Crippen LogP contribution in [0.3, 0.4) is 0 Å². The Balaban J connectivity index is 2.20. The second-order valence-corrected chi connectivity index (χ2v) is 6.77. The van der Waals surface area contributed by atoms with Crippen LogP contribution in [0.5, 0.6) is 0 Å². The van der Waals surface area contributed by atoms with Crippen molar-refractivity contribution < 1.29 is 13.2 Å². The van der Waals surface area contributed by atoms with Gasteiger partial charge >= 0.3 is 6.03 Å². The molecule has 0 atom stereocenters. The van der Waals surface area contributed by atoms with Crippen molar-refractivity contribution in [3.63, 3.8) is 0 Å². The van der Waals surface area contributed by atoms with E-state index < -0.39 is 16.1 Å². The van der Waals surface area contributed by atoms with E-state index in [1.807, 2.05) is 0 Å². The van der Waals surface area contributed by atoms with Gasteiger partial charge in [0, 0.05) is 19.6 Å². The Labute approximate surface area is 130 Å². The smallest absolute Gasteiger partial charge is 0.312 e. The number of aromatic nitrogens is 3. The molecule has 1 fully saturated rings. The maximum Gasteiger partial charge on any atom is 0.346 e. The molecule has 1 saturated heterocycles. The van der Waals surface area contributed by atoms with Crippen LogP contribution in [0.25, 0.3) is 0 Å². The number of sulfonamides is 1. The summed E-state index contributed by atoms with van der Waals surface area (Å²) in [5.41, 5.74) is 0. The van der Waals surface area contributed by atoms with Crippen LogP contribution in [0.15, 0.2) is 11.5 Å². The summed E-state index contributed by atoms with van der Waals surface area (Å²) in [6.45, 7) is 3.23. The first-order chi connectivity index (χ1) is 10.5. The monoisotopic (exact) mass is 325 g/mol. The van der Waals surface area contributed by atoms with Gasteiger partial charge in [0.25, 0.3) is 15.2 Å². The standard InChI is InChI=1S/C13H19N5O3S/c1-3-8-16(4-2)13(19)18-11-14-12(15-18)22(20,21)17-9-6-5-7-10-17/h1,11H,4-10H2,2H3. The Kier molecular flexibility index (Phi) is 5.15. The van der Waals surface area contributed by atoms with Crippen molar-refractivity contribution >= 4 is 16.1 Å². The second kappa shape index (κ2) is 6.89. The zero-order valence-corrected chi connectivity index (χ0v) is 13.3. The van der Waals surface area contributed by atoms with Crippen LogP contribution in [0.2, 0.25) is 0 Å². The molecule has 0 aromatic carbocycles. The first-order valence-corrected chi connectivity index (χ1v) is 8.59. The molecule has 9 heteroatoms. The van der Waals surface area contributed by atoms with E-state index in [1.54, 1.807) is 6.92 Å². The molecule has 0 spiro atoms. The highest BCUT2D eigenvalue weighted by Crippen LogP contribution is 2.17. The minimum Gasteiger partial charge on any atom is -0.312 e. The van der Waals surface area contributed by atoms with Crippen LogP contribution in [-0.2, 0) is 10.0 Å². The third-order valence-electron chi connectivity index (χ3n) is 3.49. The van der Waals surface area contributed by atoms with Gasteiger partial charge in [-0.1, -0.05) is 12.3 Å². The molecular weight excluding hydrogens is 306 g/mol. The SMILES string of the molecule is C#CCN(CC)C(=O)n1cnc(S(=O)(=O)N2CCCCC2)n1. The van der Waals surface area contributed by atoms with E-state index >= 15 is 0 Å². The van der Waals surface area contributed by atoms with Gasteiger partial charge < -0.3 is 4.90 Å². The molecule has 0 aliphatic carbocycles. The summed E-state index contributed by atoms with van der Waals surface area (Å²) >= 11 is 0. The summed E-state index contributed by atoms with van der Waals surface area (Å²) in [6, 6.07) is -0.493. The maximum absolute atomic E-state index is 12.4. The predicted molar refractivity (Wildman–Crippen MR) is 79.5 cm³/mol. The van der Waals surface area contributed by atoms with E-state index in [0.717, 1.165) is 30.3 Å². The van der Waals surface area contributed by atoms with Crippen molar-refractivity contribution in [3.05, 3.63) is 6.33 Å². The number of piperidine rings is 1. The highest BCUT2D eigenvalue weighted by Gasteiger charge is 2.30. The van der Waals surface area contributed by atoms with Gasteiger partial charge in [0.15, 0.2) is 0 Å². The molecule has 1 amide bonds. The molecule has 1 aromatic rings. The summed E-state index contributed by atoms with van der Waals surface area (Å²) < 4.78 is 27.1. The number of amides is 1. The lowest BCUT2D eigenvalue weighted by Crippen LogP contribution is -2.37. The molecule has 0 unspecified atom stereocenters. The Hall–Kier alpha value is -1.92. The minimum atomic E-state index is -3.74. The number of hydrogen-bond acceptors (Lipinski definition) is 5. The zero-order valence-electron chi connectivity index (χ0n) is 12.5. The number of carbonyl (C=O) groups excluding carboxylic acids is 1. The molecule has 1 aliphatic heterocycles. The van der Waals surface area contributed by atoms with Crippen LogP contribution in [0.1, 0.15) is 26.2 Å². The molecule has 2 rings (SSSR count). The average molecular weight is 325 g/mol. The molecule has 2 heterocycles. The molecule has 0 N–H and O–H groups in total. The average Bonchev–Trinajstić information content (AvgIpc) is 3.03. The lowest BCUT2D eigenvalue weighted by atomic mass is 10.2. The molecule has 0 radical (unpaired) electrons. The van der Waals surface area contributed by atoms with Crippen molar-refractivity contribution in [2.24, 2.45) is 0 Å². The number of rotatable bonds is 4. The molecule has 1 aromatic heterocycles.